The summed E-state index contributed by atoms with van der Waals surface area (Å²) in [4.78, 5) is 0.175. The number of nitrogens with zero attached hydrogens (tertiary/aromatic N) is 3. The van der Waals surface area contributed by atoms with Crippen molar-refractivity contribution in [1.29, 1.82) is 5.26 Å². The van der Waals surface area contributed by atoms with Gasteiger partial charge >= 0.3 is 0 Å². The van der Waals surface area contributed by atoms with E-state index in [0.29, 0.717) is 11.3 Å². The van der Waals surface area contributed by atoms with Crippen LogP contribution in [0.1, 0.15) is 16.8 Å². The van der Waals surface area contributed by atoms with Crippen LogP contribution in [0.2, 0.25) is 0 Å². The van der Waals surface area contributed by atoms with Crippen LogP contribution >= 0.6 is 0 Å². The fourth-order valence-electron chi connectivity index (χ4n) is 1.79. The molecule has 2 rings (SSSR count). The fraction of sp³-hybridized carbons (Fsp3) is 0.231. The molecule has 1 heterocycles. The van der Waals surface area contributed by atoms with Crippen LogP contribution in [0.25, 0.3) is 0 Å². The number of sulfonamides is 1. The Hall–Kier alpha value is -2.17. The van der Waals surface area contributed by atoms with Crippen molar-refractivity contribution < 1.29 is 8.42 Å². The van der Waals surface area contributed by atoms with Gasteiger partial charge in [0.05, 0.1) is 23.5 Å². The number of hydrogen-bond acceptors (Lipinski definition) is 4. The molecule has 0 bridgehead atoms. The zero-order valence-electron chi connectivity index (χ0n) is 11.2. The van der Waals surface area contributed by atoms with Crippen LogP contribution in [-0.2, 0) is 16.6 Å². The molecule has 0 saturated heterocycles. The maximum absolute atomic E-state index is 12.4. The van der Waals surface area contributed by atoms with Gasteiger partial charge in [-0.25, -0.2) is 8.42 Å². The Morgan fingerprint density at radius 2 is 2.00 bits per heavy atom. The summed E-state index contributed by atoms with van der Waals surface area (Å²) in [5, 5.41) is 15.1. The van der Waals surface area contributed by atoms with Crippen LogP contribution in [0.3, 0.4) is 0 Å². The molecule has 7 heteroatoms. The van der Waals surface area contributed by atoms with E-state index in [-0.39, 0.29) is 11.4 Å². The van der Waals surface area contributed by atoms with E-state index in [1.54, 1.807) is 31.2 Å². The summed E-state index contributed by atoms with van der Waals surface area (Å²) in [5.41, 5.74) is 1.87. The van der Waals surface area contributed by atoms with E-state index >= 15 is 0 Å². The van der Waals surface area contributed by atoms with Crippen molar-refractivity contribution in [3.05, 3.63) is 47.3 Å². The number of nitrogens with one attached hydrogen (secondary N) is 1. The van der Waals surface area contributed by atoms with Gasteiger partial charge in [0.1, 0.15) is 4.90 Å². The summed E-state index contributed by atoms with van der Waals surface area (Å²) in [7, 11) is -2.05. The number of aryl methyl sites for hydroxylation is 1. The van der Waals surface area contributed by atoms with Crippen LogP contribution in [0.15, 0.2) is 35.4 Å². The Balaban J connectivity index is 2.21. The highest BCUT2D eigenvalue weighted by Crippen LogP contribution is 2.18. The summed E-state index contributed by atoms with van der Waals surface area (Å²) in [6.45, 7) is 1.90. The molecule has 0 aliphatic rings. The molecule has 0 saturated carbocycles. The third-order valence-corrected chi connectivity index (χ3v) is 4.88. The van der Waals surface area contributed by atoms with E-state index < -0.39 is 10.0 Å². The molecule has 0 aliphatic carbocycles. The number of hydrogen-bond donors (Lipinski definition) is 1. The Kier molecular flexibility index (Phi) is 3.88. The second-order valence-electron chi connectivity index (χ2n) is 4.43. The Morgan fingerprint density at radius 1 is 1.35 bits per heavy atom. The summed E-state index contributed by atoms with van der Waals surface area (Å²) >= 11 is 0. The first-order chi connectivity index (χ1) is 9.45. The molecule has 0 unspecified atom stereocenters. The van der Waals surface area contributed by atoms with Gasteiger partial charge in [0.2, 0.25) is 10.0 Å². The molecule has 1 aromatic carbocycles. The van der Waals surface area contributed by atoms with E-state index in [0.717, 1.165) is 5.56 Å². The molecule has 6 nitrogen and oxygen atoms in total. The summed E-state index contributed by atoms with van der Waals surface area (Å²) in [6.07, 6.45) is 1.31. The third-order valence-electron chi connectivity index (χ3n) is 2.96. The second kappa shape index (κ2) is 5.45. The number of H-pyrrole nitrogens is 1. The van der Waals surface area contributed by atoms with Crippen molar-refractivity contribution in [3.63, 3.8) is 0 Å². The average Bonchev–Trinajstić information content (AvgIpc) is 2.86. The Labute approximate surface area is 117 Å². The third kappa shape index (κ3) is 2.71. The molecule has 104 valence electrons. The van der Waals surface area contributed by atoms with E-state index in [1.807, 2.05) is 6.07 Å². The molecule has 2 aromatic rings. The quantitative estimate of drug-likeness (QED) is 0.921. The highest BCUT2D eigenvalue weighted by atomic mass is 32.2. The molecule has 0 spiro atoms. The van der Waals surface area contributed by atoms with Gasteiger partial charge in [-0.05, 0) is 24.6 Å². The minimum Gasteiger partial charge on any atom is -0.281 e. The van der Waals surface area contributed by atoms with Gasteiger partial charge in [-0.3, -0.25) is 5.10 Å². The number of rotatable bonds is 4. The first kappa shape index (κ1) is 14.2. The average molecular weight is 290 g/mol. The van der Waals surface area contributed by atoms with Crippen molar-refractivity contribution in [3.8, 4) is 6.07 Å². The molecule has 0 fully saturated rings. The maximum Gasteiger partial charge on any atom is 0.246 e. The van der Waals surface area contributed by atoms with Crippen molar-refractivity contribution in [2.45, 2.75) is 18.4 Å². The molecular formula is C13H14N4O2S. The number of aromatic amines is 1. The largest absolute Gasteiger partial charge is 0.281 e. The lowest BCUT2D eigenvalue weighted by Gasteiger charge is -2.16. The van der Waals surface area contributed by atoms with Crippen LogP contribution in [0.5, 0.6) is 0 Å². The predicted molar refractivity (Wildman–Crippen MR) is 73.1 cm³/mol. The van der Waals surface area contributed by atoms with Gasteiger partial charge in [-0.2, -0.15) is 14.7 Å². The summed E-state index contributed by atoms with van der Waals surface area (Å²) in [5.74, 6) is 0. The number of nitriles is 1. The lowest BCUT2D eigenvalue weighted by Crippen LogP contribution is -2.26. The van der Waals surface area contributed by atoms with E-state index in [2.05, 4.69) is 10.2 Å². The van der Waals surface area contributed by atoms with E-state index in [4.69, 9.17) is 5.26 Å². The van der Waals surface area contributed by atoms with Crippen molar-refractivity contribution in [2.24, 2.45) is 0 Å². The van der Waals surface area contributed by atoms with Gasteiger partial charge < -0.3 is 0 Å². The monoisotopic (exact) mass is 290 g/mol. The van der Waals surface area contributed by atoms with Crippen molar-refractivity contribution >= 4 is 10.0 Å². The minimum absolute atomic E-state index is 0.175. The van der Waals surface area contributed by atoms with E-state index in [9.17, 15) is 8.42 Å². The normalized spacial score (nSPS) is 11.5. The van der Waals surface area contributed by atoms with Crippen LogP contribution in [0.4, 0.5) is 0 Å². The molecule has 0 aliphatic heterocycles. The smallest absolute Gasteiger partial charge is 0.246 e. The fourth-order valence-corrected chi connectivity index (χ4v) is 3.07. The number of aromatic nitrogens is 2. The van der Waals surface area contributed by atoms with Gasteiger partial charge in [-0.1, -0.05) is 12.1 Å². The molecule has 0 atom stereocenters. The molecule has 0 radical (unpaired) electrons. The summed E-state index contributed by atoms with van der Waals surface area (Å²) in [6, 6.07) is 8.84. The van der Waals surface area contributed by atoms with Gasteiger partial charge in [0.25, 0.3) is 0 Å². The molecule has 1 aromatic heterocycles. The second-order valence-corrected chi connectivity index (χ2v) is 6.44. The van der Waals surface area contributed by atoms with Crippen LogP contribution in [-0.4, -0.2) is 30.0 Å². The minimum atomic E-state index is -3.57. The standard InChI is InChI=1S/C13H14N4O2S/c1-10-13(8-15-16-10)20(18,19)17(2)9-12-5-3-11(7-14)4-6-12/h3-6,8H,9H2,1-2H3,(H,15,16). The van der Waals surface area contributed by atoms with Crippen molar-refractivity contribution in [2.75, 3.05) is 7.05 Å². The summed E-state index contributed by atoms with van der Waals surface area (Å²) < 4.78 is 26.0. The SMILES string of the molecule is Cc1[nH]ncc1S(=O)(=O)N(C)Cc1ccc(C#N)cc1. The van der Waals surface area contributed by atoms with Gasteiger partial charge in [-0.15, -0.1) is 0 Å². The predicted octanol–water partition coefficient (Wildman–Crippen LogP) is 1.41. The van der Waals surface area contributed by atoms with Crippen molar-refractivity contribution in [1.82, 2.24) is 14.5 Å². The molecule has 0 amide bonds. The molecular weight excluding hydrogens is 276 g/mol. The molecule has 20 heavy (non-hydrogen) atoms. The lowest BCUT2D eigenvalue weighted by molar-refractivity contribution is 0.466. The topological polar surface area (TPSA) is 89.8 Å². The first-order valence-corrected chi connectivity index (χ1v) is 7.34. The maximum atomic E-state index is 12.4. The Morgan fingerprint density at radius 3 is 2.50 bits per heavy atom. The first-order valence-electron chi connectivity index (χ1n) is 5.90. The van der Waals surface area contributed by atoms with Gasteiger partial charge in [0.15, 0.2) is 0 Å². The highest BCUT2D eigenvalue weighted by Gasteiger charge is 2.24. The number of benzene rings is 1. The Bertz CT molecular complexity index is 741. The van der Waals surface area contributed by atoms with E-state index in [1.165, 1.54) is 17.5 Å². The zero-order chi connectivity index (χ0) is 14.8. The zero-order valence-corrected chi connectivity index (χ0v) is 12.0. The highest BCUT2D eigenvalue weighted by molar-refractivity contribution is 7.89. The lowest BCUT2D eigenvalue weighted by atomic mass is 10.1. The van der Waals surface area contributed by atoms with Crippen LogP contribution < -0.4 is 0 Å². The van der Waals surface area contributed by atoms with Gasteiger partial charge in [0, 0.05) is 13.6 Å². The van der Waals surface area contributed by atoms with Crippen LogP contribution in [0, 0.1) is 18.3 Å². The molecule has 1 N–H and O–H groups in total.